The van der Waals surface area contributed by atoms with Gasteiger partial charge in [-0.1, -0.05) is 19.1 Å². The summed E-state index contributed by atoms with van der Waals surface area (Å²) in [6, 6.07) is 8.20. The minimum atomic E-state index is -0.464. The topological polar surface area (TPSA) is 53.6 Å². The van der Waals surface area contributed by atoms with Crippen molar-refractivity contribution in [2.45, 2.75) is 32.4 Å². The van der Waals surface area contributed by atoms with E-state index in [0.717, 1.165) is 24.4 Å². The molecule has 2 rings (SSSR count). The molecule has 0 spiro atoms. The van der Waals surface area contributed by atoms with Crippen molar-refractivity contribution >= 4 is 11.6 Å². The molecule has 2 N–H and O–H groups in total. The first-order valence-corrected chi connectivity index (χ1v) is 7.59. The van der Waals surface area contributed by atoms with E-state index in [1.807, 2.05) is 24.3 Å². The maximum absolute atomic E-state index is 12.1. The van der Waals surface area contributed by atoms with Crippen LogP contribution in [0.1, 0.15) is 20.3 Å². The van der Waals surface area contributed by atoms with Gasteiger partial charge < -0.3 is 20.3 Å². The summed E-state index contributed by atoms with van der Waals surface area (Å²) in [7, 11) is 2.08. The average molecular weight is 291 g/mol. The van der Waals surface area contributed by atoms with Crippen LogP contribution in [0.2, 0.25) is 0 Å². The third-order valence-corrected chi connectivity index (χ3v) is 4.03. The van der Waals surface area contributed by atoms with Crippen molar-refractivity contribution in [3.63, 3.8) is 0 Å². The van der Waals surface area contributed by atoms with Gasteiger partial charge in [0, 0.05) is 19.1 Å². The quantitative estimate of drug-likeness (QED) is 0.838. The van der Waals surface area contributed by atoms with E-state index in [-0.39, 0.29) is 5.91 Å². The number of nitrogens with one attached hydrogen (secondary N) is 2. The monoisotopic (exact) mass is 291 g/mol. The summed E-state index contributed by atoms with van der Waals surface area (Å²) < 4.78 is 5.73. The molecule has 1 aromatic carbocycles. The lowest BCUT2D eigenvalue weighted by atomic mass is 10.2. The first-order valence-electron chi connectivity index (χ1n) is 7.59. The van der Waals surface area contributed by atoms with Gasteiger partial charge in [0.15, 0.2) is 6.10 Å². The van der Waals surface area contributed by atoms with Gasteiger partial charge in [0.05, 0.1) is 12.2 Å². The lowest BCUT2D eigenvalue weighted by Gasteiger charge is -2.27. The molecule has 2 unspecified atom stereocenters. The molecule has 116 valence electrons. The van der Waals surface area contributed by atoms with Gasteiger partial charge in [0.2, 0.25) is 0 Å². The molecule has 0 bridgehead atoms. The Labute approximate surface area is 126 Å². The number of carbonyl (C=O) groups excluding carboxylic acids is 1. The highest BCUT2D eigenvalue weighted by Crippen LogP contribution is 2.28. The molecule has 5 nitrogen and oxygen atoms in total. The number of hydrogen-bond acceptors (Lipinski definition) is 4. The van der Waals surface area contributed by atoms with Crippen LogP contribution in [0.4, 0.5) is 5.69 Å². The molecule has 21 heavy (non-hydrogen) atoms. The Bertz CT molecular complexity index is 478. The van der Waals surface area contributed by atoms with Gasteiger partial charge in [0.25, 0.3) is 5.91 Å². The second kappa shape index (κ2) is 7.31. The third-order valence-electron chi connectivity index (χ3n) is 4.03. The van der Waals surface area contributed by atoms with Gasteiger partial charge in [-0.2, -0.15) is 0 Å². The molecule has 1 amide bonds. The van der Waals surface area contributed by atoms with Crippen LogP contribution < -0.4 is 15.4 Å². The van der Waals surface area contributed by atoms with E-state index in [0.29, 0.717) is 19.1 Å². The molecular formula is C16H25N3O2. The summed E-state index contributed by atoms with van der Waals surface area (Å²) in [5, 5.41) is 6.17. The minimum Gasteiger partial charge on any atom is -0.477 e. The molecule has 2 atom stereocenters. The zero-order valence-corrected chi connectivity index (χ0v) is 13.1. The van der Waals surface area contributed by atoms with E-state index in [1.165, 1.54) is 0 Å². The van der Waals surface area contributed by atoms with E-state index in [2.05, 4.69) is 36.4 Å². The van der Waals surface area contributed by atoms with Crippen LogP contribution in [0.25, 0.3) is 0 Å². The Balaban J connectivity index is 1.77. The first-order chi connectivity index (χ1) is 10.1. The SMILES string of the molecule is CCC(C)N(C)CCNC(=O)C1CNc2ccccc2O1. The molecule has 5 heteroatoms. The summed E-state index contributed by atoms with van der Waals surface area (Å²) >= 11 is 0. The lowest BCUT2D eigenvalue weighted by molar-refractivity contribution is -0.127. The lowest BCUT2D eigenvalue weighted by Crippen LogP contribution is -2.46. The third kappa shape index (κ3) is 4.11. The average Bonchev–Trinajstić information content (AvgIpc) is 2.53. The number of likely N-dealkylation sites (N-methyl/N-ethyl adjacent to an activating group) is 1. The maximum Gasteiger partial charge on any atom is 0.262 e. The van der Waals surface area contributed by atoms with Gasteiger partial charge in [-0.3, -0.25) is 4.79 Å². The highest BCUT2D eigenvalue weighted by molar-refractivity contribution is 5.83. The van der Waals surface area contributed by atoms with Crippen molar-refractivity contribution in [3.8, 4) is 5.75 Å². The van der Waals surface area contributed by atoms with E-state index in [1.54, 1.807) is 0 Å². The highest BCUT2D eigenvalue weighted by atomic mass is 16.5. The predicted molar refractivity (Wildman–Crippen MR) is 84.7 cm³/mol. The zero-order valence-electron chi connectivity index (χ0n) is 13.1. The number of carbonyl (C=O) groups is 1. The van der Waals surface area contributed by atoms with Crippen LogP contribution >= 0.6 is 0 Å². The second-order valence-corrected chi connectivity index (χ2v) is 5.51. The fourth-order valence-electron chi connectivity index (χ4n) is 2.26. The summed E-state index contributed by atoms with van der Waals surface area (Å²) in [5.41, 5.74) is 0.943. The Morgan fingerprint density at radius 3 is 3.05 bits per heavy atom. The molecule has 1 aliphatic heterocycles. The molecule has 0 saturated heterocycles. The van der Waals surface area contributed by atoms with Gasteiger partial charge in [-0.25, -0.2) is 0 Å². The number of hydrogen-bond donors (Lipinski definition) is 2. The van der Waals surface area contributed by atoms with Crippen molar-refractivity contribution in [1.29, 1.82) is 0 Å². The Morgan fingerprint density at radius 1 is 1.52 bits per heavy atom. The molecule has 0 saturated carbocycles. The van der Waals surface area contributed by atoms with E-state index < -0.39 is 6.10 Å². The van der Waals surface area contributed by atoms with Crippen LogP contribution in [0, 0.1) is 0 Å². The number of benzene rings is 1. The molecule has 1 heterocycles. The molecule has 0 fully saturated rings. The Hall–Kier alpha value is -1.75. The molecule has 1 aromatic rings. The largest absolute Gasteiger partial charge is 0.477 e. The summed E-state index contributed by atoms with van der Waals surface area (Å²) in [4.78, 5) is 14.4. The number of fused-ring (bicyclic) bond motifs is 1. The number of nitrogens with zero attached hydrogens (tertiary/aromatic N) is 1. The van der Waals surface area contributed by atoms with Crippen LogP contribution in [-0.4, -0.2) is 49.6 Å². The standard InChI is InChI=1S/C16H25N3O2/c1-4-12(2)19(3)10-9-17-16(20)15-11-18-13-7-5-6-8-14(13)21-15/h5-8,12,15,18H,4,9-11H2,1-3H3,(H,17,20). The number of ether oxygens (including phenoxy) is 1. The normalized spacial score (nSPS) is 18.4. The summed E-state index contributed by atoms with van der Waals surface area (Å²) in [6.07, 6.45) is 0.644. The number of anilines is 1. The smallest absolute Gasteiger partial charge is 0.262 e. The molecule has 0 radical (unpaired) electrons. The van der Waals surface area contributed by atoms with Crippen LogP contribution in [0.15, 0.2) is 24.3 Å². The highest BCUT2D eigenvalue weighted by Gasteiger charge is 2.25. The Kier molecular flexibility index (Phi) is 5.44. The molecule has 1 aliphatic rings. The number of para-hydroxylation sites is 2. The van der Waals surface area contributed by atoms with Gasteiger partial charge >= 0.3 is 0 Å². The van der Waals surface area contributed by atoms with Crippen molar-refractivity contribution in [2.75, 3.05) is 32.0 Å². The zero-order chi connectivity index (χ0) is 15.2. The van der Waals surface area contributed by atoms with Gasteiger partial charge in [-0.05, 0) is 32.5 Å². The summed E-state index contributed by atoms with van der Waals surface area (Å²) in [5.74, 6) is 0.676. The van der Waals surface area contributed by atoms with E-state index in [4.69, 9.17) is 4.74 Å². The van der Waals surface area contributed by atoms with Crippen molar-refractivity contribution in [2.24, 2.45) is 0 Å². The molecule has 0 aromatic heterocycles. The predicted octanol–water partition coefficient (Wildman–Crippen LogP) is 1.71. The molecule has 0 aliphatic carbocycles. The van der Waals surface area contributed by atoms with E-state index in [9.17, 15) is 4.79 Å². The maximum atomic E-state index is 12.1. The van der Waals surface area contributed by atoms with E-state index >= 15 is 0 Å². The second-order valence-electron chi connectivity index (χ2n) is 5.51. The van der Waals surface area contributed by atoms with Crippen molar-refractivity contribution in [3.05, 3.63) is 24.3 Å². The fourth-order valence-corrected chi connectivity index (χ4v) is 2.26. The minimum absolute atomic E-state index is 0.0606. The number of amides is 1. The first kappa shape index (κ1) is 15.6. The molecular weight excluding hydrogens is 266 g/mol. The number of rotatable bonds is 6. The van der Waals surface area contributed by atoms with Gasteiger partial charge in [-0.15, -0.1) is 0 Å². The van der Waals surface area contributed by atoms with Crippen LogP contribution in [-0.2, 0) is 4.79 Å². The van der Waals surface area contributed by atoms with Gasteiger partial charge in [0.1, 0.15) is 5.75 Å². The van der Waals surface area contributed by atoms with Crippen molar-refractivity contribution in [1.82, 2.24) is 10.2 Å². The van der Waals surface area contributed by atoms with Crippen LogP contribution in [0.5, 0.6) is 5.75 Å². The fraction of sp³-hybridized carbons (Fsp3) is 0.562. The van der Waals surface area contributed by atoms with Crippen molar-refractivity contribution < 1.29 is 9.53 Å². The Morgan fingerprint density at radius 2 is 2.29 bits per heavy atom. The van der Waals surface area contributed by atoms with Crippen LogP contribution in [0.3, 0.4) is 0 Å². The summed E-state index contributed by atoms with van der Waals surface area (Å²) in [6.45, 7) is 6.34.